The molecule has 0 aromatic heterocycles. The van der Waals surface area contributed by atoms with Crippen molar-refractivity contribution in [1.29, 1.82) is 0 Å². The molecular formula is C24H36O3. The lowest BCUT2D eigenvalue weighted by molar-refractivity contribution is -0.159. The van der Waals surface area contributed by atoms with Crippen LogP contribution in [-0.2, 0) is 14.3 Å². The molecule has 150 valence electrons. The minimum atomic E-state index is -0.278. The average molecular weight is 373 g/mol. The fraction of sp³-hybridized carbons (Fsp3) is 0.750. The number of carbonyl (C=O) groups excluding carboxylic acids is 2. The van der Waals surface area contributed by atoms with Crippen molar-refractivity contribution in [3.05, 3.63) is 22.8 Å². The number of esters is 1. The molecule has 0 amide bonds. The lowest BCUT2D eigenvalue weighted by atomic mass is 9.53. The van der Waals surface area contributed by atoms with Gasteiger partial charge >= 0.3 is 5.97 Å². The van der Waals surface area contributed by atoms with Gasteiger partial charge in [-0.15, -0.1) is 0 Å². The van der Waals surface area contributed by atoms with Gasteiger partial charge in [0.15, 0.2) is 5.78 Å². The highest BCUT2D eigenvalue weighted by molar-refractivity contribution is 5.97. The molecule has 0 bridgehead atoms. The number of ether oxygens (including phenoxy) is 1. The second-order valence-electron chi connectivity index (χ2n) is 9.77. The van der Waals surface area contributed by atoms with Gasteiger partial charge in [-0.25, -0.2) is 0 Å². The van der Waals surface area contributed by atoms with Crippen molar-refractivity contribution >= 4 is 11.8 Å². The molecule has 3 nitrogen and oxygen atoms in total. The normalized spacial score (nSPS) is 33.7. The topological polar surface area (TPSA) is 43.4 Å². The molecule has 3 heteroatoms. The van der Waals surface area contributed by atoms with Crippen molar-refractivity contribution in [1.82, 2.24) is 0 Å². The number of carbonyl (C=O) groups is 2. The zero-order valence-electron chi connectivity index (χ0n) is 18.0. The zero-order valence-corrected chi connectivity index (χ0v) is 18.0. The summed E-state index contributed by atoms with van der Waals surface area (Å²) in [5.41, 5.74) is 4.15. The van der Waals surface area contributed by atoms with E-state index in [1.165, 1.54) is 18.1 Å². The van der Waals surface area contributed by atoms with Gasteiger partial charge < -0.3 is 4.74 Å². The van der Waals surface area contributed by atoms with Crippen LogP contribution in [0, 0.1) is 22.7 Å². The van der Waals surface area contributed by atoms with E-state index in [4.69, 9.17) is 4.74 Å². The van der Waals surface area contributed by atoms with Gasteiger partial charge in [0.2, 0.25) is 0 Å². The van der Waals surface area contributed by atoms with Gasteiger partial charge in [-0.05, 0) is 67.6 Å². The van der Waals surface area contributed by atoms with Crippen LogP contribution in [0.4, 0.5) is 0 Å². The van der Waals surface area contributed by atoms with Gasteiger partial charge in [0.25, 0.3) is 0 Å². The third-order valence-corrected chi connectivity index (χ3v) is 7.66. The van der Waals surface area contributed by atoms with Crippen LogP contribution in [0.2, 0.25) is 0 Å². The monoisotopic (exact) mass is 372 g/mol. The van der Waals surface area contributed by atoms with Gasteiger partial charge in [-0.2, -0.15) is 0 Å². The highest BCUT2D eigenvalue weighted by Crippen LogP contribution is 2.57. The maximum absolute atomic E-state index is 12.4. The molecule has 3 aliphatic carbocycles. The first-order valence-electron chi connectivity index (χ1n) is 10.8. The minimum Gasteiger partial charge on any atom is -0.462 e. The highest BCUT2D eigenvalue weighted by Gasteiger charge is 2.50. The fourth-order valence-electron chi connectivity index (χ4n) is 6.20. The number of fused-ring (bicyclic) bond motifs is 2. The molecule has 1 fully saturated rings. The first kappa shape index (κ1) is 20.4. The lowest BCUT2D eigenvalue weighted by Crippen LogP contribution is -2.48. The molecule has 0 N–H and O–H groups in total. The Morgan fingerprint density at radius 1 is 1.26 bits per heavy atom. The van der Waals surface area contributed by atoms with Crippen molar-refractivity contribution in [2.45, 2.75) is 92.6 Å². The maximum atomic E-state index is 12.4. The largest absolute Gasteiger partial charge is 0.462 e. The zero-order chi connectivity index (χ0) is 20.0. The SMILES string of the molecule is CCC(OC(C)=O)[C@@]1(C)CCC2=C3CC(C)(C)C(=O)C=C3CC[C@H]2[C@@H]1CC. The molecule has 0 aromatic rings. The summed E-state index contributed by atoms with van der Waals surface area (Å²) in [6.07, 6.45) is 9.08. The van der Waals surface area contributed by atoms with Crippen molar-refractivity contribution in [3.8, 4) is 0 Å². The van der Waals surface area contributed by atoms with E-state index >= 15 is 0 Å². The Labute approximate surface area is 164 Å². The van der Waals surface area contributed by atoms with Crippen LogP contribution < -0.4 is 0 Å². The smallest absolute Gasteiger partial charge is 0.302 e. The van der Waals surface area contributed by atoms with Gasteiger partial charge in [-0.1, -0.05) is 46.6 Å². The van der Waals surface area contributed by atoms with Crippen LogP contribution in [0.25, 0.3) is 0 Å². The molecule has 4 atom stereocenters. The van der Waals surface area contributed by atoms with E-state index in [9.17, 15) is 9.59 Å². The second kappa shape index (κ2) is 7.22. The molecule has 3 rings (SSSR count). The van der Waals surface area contributed by atoms with Crippen LogP contribution in [0.3, 0.4) is 0 Å². The summed E-state index contributed by atoms with van der Waals surface area (Å²) >= 11 is 0. The molecule has 27 heavy (non-hydrogen) atoms. The molecule has 1 saturated carbocycles. The van der Waals surface area contributed by atoms with Crippen molar-refractivity contribution in [2.75, 3.05) is 0 Å². The van der Waals surface area contributed by atoms with Gasteiger partial charge in [0.1, 0.15) is 6.10 Å². The molecule has 0 spiro atoms. The Hall–Kier alpha value is -1.38. The lowest BCUT2D eigenvalue weighted by Gasteiger charge is -2.53. The predicted molar refractivity (Wildman–Crippen MR) is 108 cm³/mol. The van der Waals surface area contributed by atoms with E-state index in [0.717, 1.165) is 44.9 Å². The van der Waals surface area contributed by atoms with Crippen LogP contribution >= 0.6 is 0 Å². The molecule has 0 heterocycles. The summed E-state index contributed by atoms with van der Waals surface area (Å²) in [5, 5.41) is 0. The Morgan fingerprint density at radius 3 is 2.56 bits per heavy atom. The standard InChI is InChI=1S/C24H36O3/c1-7-20-18-10-9-16-13-21(26)23(4,5)14-19(16)17(18)11-12-24(20,6)22(8-2)27-15(3)25/h13,18,20,22H,7-12,14H2,1-6H3/t18-,20+,22?,24+/m1/s1. The summed E-state index contributed by atoms with van der Waals surface area (Å²) in [5.74, 6) is 1.22. The van der Waals surface area contributed by atoms with E-state index in [0.29, 0.717) is 11.8 Å². The third kappa shape index (κ3) is 3.43. The predicted octanol–water partition coefficient (Wildman–Crippen LogP) is 5.79. The van der Waals surface area contributed by atoms with E-state index < -0.39 is 0 Å². The second-order valence-corrected chi connectivity index (χ2v) is 9.77. The van der Waals surface area contributed by atoms with E-state index in [2.05, 4.69) is 34.6 Å². The molecule has 3 aliphatic rings. The number of ketones is 1. The van der Waals surface area contributed by atoms with Crippen LogP contribution in [0.5, 0.6) is 0 Å². The first-order valence-corrected chi connectivity index (χ1v) is 10.8. The summed E-state index contributed by atoms with van der Waals surface area (Å²) in [6.45, 7) is 12.5. The molecule has 1 unspecified atom stereocenters. The fourth-order valence-corrected chi connectivity index (χ4v) is 6.20. The molecule has 0 radical (unpaired) electrons. The van der Waals surface area contributed by atoms with E-state index in [1.54, 1.807) is 5.57 Å². The summed E-state index contributed by atoms with van der Waals surface area (Å²) in [7, 11) is 0. The molecule has 0 aliphatic heterocycles. The molecular weight excluding hydrogens is 336 g/mol. The summed E-state index contributed by atoms with van der Waals surface area (Å²) < 4.78 is 5.80. The minimum absolute atomic E-state index is 0.00665. The highest BCUT2D eigenvalue weighted by atomic mass is 16.5. The third-order valence-electron chi connectivity index (χ3n) is 7.66. The van der Waals surface area contributed by atoms with Crippen molar-refractivity contribution in [2.24, 2.45) is 22.7 Å². The van der Waals surface area contributed by atoms with Gasteiger partial charge in [0.05, 0.1) is 0 Å². The molecule has 0 aromatic carbocycles. The van der Waals surface area contributed by atoms with Crippen molar-refractivity contribution in [3.63, 3.8) is 0 Å². The van der Waals surface area contributed by atoms with Crippen LogP contribution in [0.15, 0.2) is 22.8 Å². The van der Waals surface area contributed by atoms with Crippen LogP contribution in [-0.4, -0.2) is 17.9 Å². The number of rotatable bonds is 4. The average Bonchev–Trinajstić information content (AvgIpc) is 2.60. The van der Waals surface area contributed by atoms with E-state index in [1.807, 2.05) is 6.08 Å². The number of hydrogen-bond donors (Lipinski definition) is 0. The summed E-state index contributed by atoms with van der Waals surface area (Å²) in [4.78, 5) is 24.1. The maximum Gasteiger partial charge on any atom is 0.302 e. The first-order chi connectivity index (χ1) is 12.6. The van der Waals surface area contributed by atoms with Gasteiger partial charge in [0, 0.05) is 17.8 Å². The van der Waals surface area contributed by atoms with E-state index in [-0.39, 0.29) is 28.7 Å². The Bertz CT molecular complexity index is 696. The number of hydrogen-bond acceptors (Lipinski definition) is 3. The summed E-state index contributed by atoms with van der Waals surface area (Å²) in [6, 6.07) is 0. The quantitative estimate of drug-likeness (QED) is 0.587. The Morgan fingerprint density at radius 2 is 1.96 bits per heavy atom. The molecule has 0 saturated heterocycles. The Balaban J connectivity index is 1.99. The Kier molecular flexibility index (Phi) is 5.44. The van der Waals surface area contributed by atoms with Crippen LogP contribution in [0.1, 0.15) is 86.5 Å². The number of allylic oxidation sites excluding steroid dienone is 4. The van der Waals surface area contributed by atoms with Crippen molar-refractivity contribution < 1.29 is 14.3 Å². The van der Waals surface area contributed by atoms with Gasteiger partial charge in [-0.3, -0.25) is 9.59 Å².